The number of methoxy groups -OCH3 is 1. The minimum absolute atomic E-state index is 0.0856. The van der Waals surface area contributed by atoms with Crippen molar-refractivity contribution in [3.63, 3.8) is 0 Å². The van der Waals surface area contributed by atoms with Crippen LogP contribution in [0.3, 0.4) is 0 Å². The van der Waals surface area contributed by atoms with Crippen LogP contribution in [-0.2, 0) is 16.6 Å². The fourth-order valence-electron chi connectivity index (χ4n) is 0.945. The smallest absolute Gasteiger partial charge is 0.308 e. The summed E-state index contributed by atoms with van der Waals surface area (Å²) in [5.41, 5.74) is 0.491. The molecule has 0 fully saturated rings. The first-order valence-electron chi connectivity index (χ1n) is 3.74. The molecule has 0 bridgehead atoms. The lowest BCUT2D eigenvalue weighted by atomic mass is 10.2. The van der Waals surface area contributed by atoms with E-state index >= 15 is 0 Å². The molecule has 1 rings (SSSR count). The molecule has 0 saturated heterocycles. The van der Waals surface area contributed by atoms with Crippen LogP contribution in [0.1, 0.15) is 18.2 Å². The summed E-state index contributed by atoms with van der Waals surface area (Å²) in [6, 6.07) is 0. The van der Waals surface area contributed by atoms with Crippen molar-refractivity contribution < 1.29 is 14.6 Å². The van der Waals surface area contributed by atoms with Gasteiger partial charge in [0.15, 0.2) is 0 Å². The van der Waals surface area contributed by atoms with Crippen LogP contribution in [-0.4, -0.2) is 33.2 Å². The van der Waals surface area contributed by atoms with Crippen molar-refractivity contribution in [1.82, 2.24) is 15.0 Å². The Bertz CT molecular complexity index is 297. The third kappa shape index (κ3) is 2.25. The van der Waals surface area contributed by atoms with Crippen LogP contribution in [0.5, 0.6) is 0 Å². The van der Waals surface area contributed by atoms with E-state index in [1.54, 1.807) is 7.05 Å². The Hall–Kier alpha value is -1.43. The lowest BCUT2D eigenvalue weighted by Gasteiger charge is -2.07. The fourth-order valence-corrected chi connectivity index (χ4v) is 0.945. The van der Waals surface area contributed by atoms with Crippen LogP contribution in [0.25, 0.3) is 0 Å². The number of aromatic nitrogens is 3. The topological polar surface area (TPSA) is 77.2 Å². The van der Waals surface area contributed by atoms with Gasteiger partial charge in [-0.05, 0) is 0 Å². The molecule has 0 aliphatic rings. The number of esters is 1. The van der Waals surface area contributed by atoms with Gasteiger partial charge in [-0.25, -0.2) is 4.68 Å². The van der Waals surface area contributed by atoms with Crippen molar-refractivity contribution in [2.24, 2.45) is 7.05 Å². The Kier molecular flexibility index (Phi) is 2.97. The van der Waals surface area contributed by atoms with Gasteiger partial charge in [0.25, 0.3) is 0 Å². The summed E-state index contributed by atoms with van der Waals surface area (Å²) in [5, 5.41) is 16.7. The summed E-state index contributed by atoms with van der Waals surface area (Å²) in [4.78, 5) is 10.8. The van der Waals surface area contributed by atoms with Crippen LogP contribution in [0.15, 0.2) is 6.20 Å². The molecule has 0 aliphatic carbocycles. The Balaban J connectivity index is 2.63. The predicted molar refractivity (Wildman–Crippen MR) is 42.6 cm³/mol. The number of aryl methyl sites for hydroxylation is 1. The fraction of sp³-hybridized carbons (Fsp3) is 0.571. The number of carbonyl (C=O) groups is 1. The second kappa shape index (κ2) is 3.99. The summed E-state index contributed by atoms with van der Waals surface area (Å²) >= 11 is 0. The second-order valence-electron chi connectivity index (χ2n) is 2.58. The Morgan fingerprint density at radius 1 is 1.85 bits per heavy atom. The number of hydrogen-bond acceptors (Lipinski definition) is 5. The molecule has 1 heterocycles. The van der Waals surface area contributed by atoms with E-state index < -0.39 is 12.1 Å². The average Bonchev–Trinajstić information content (AvgIpc) is 2.51. The quantitative estimate of drug-likeness (QED) is 0.637. The van der Waals surface area contributed by atoms with E-state index in [-0.39, 0.29) is 6.42 Å². The van der Waals surface area contributed by atoms with Crippen LogP contribution >= 0.6 is 0 Å². The predicted octanol–water partition coefficient (Wildman–Crippen LogP) is -0.588. The Morgan fingerprint density at radius 2 is 2.54 bits per heavy atom. The van der Waals surface area contributed by atoms with Crippen molar-refractivity contribution in [3.05, 3.63) is 11.9 Å². The van der Waals surface area contributed by atoms with E-state index in [1.165, 1.54) is 18.0 Å². The molecular weight excluding hydrogens is 174 g/mol. The van der Waals surface area contributed by atoms with Gasteiger partial charge in [-0.1, -0.05) is 5.21 Å². The summed E-state index contributed by atoms with van der Waals surface area (Å²) < 4.78 is 5.82. The summed E-state index contributed by atoms with van der Waals surface area (Å²) in [6.07, 6.45) is 0.415. The van der Waals surface area contributed by atoms with Gasteiger partial charge < -0.3 is 9.84 Å². The SMILES string of the molecule is COC(=O)C[C@H](O)c1cnnn1C. The summed E-state index contributed by atoms with van der Waals surface area (Å²) in [7, 11) is 2.92. The second-order valence-corrected chi connectivity index (χ2v) is 2.58. The van der Waals surface area contributed by atoms with Gasteiger partial charge in [0, 0.05) is 7.05 Å². The van der Waals surface area contributed by atoms with Crippen molar-refractivity contribution in [2.45, 2.75) is 12.5 Å². The third-order valence-corrected chi connectivity index (χ3v) is 1.68. The Morgan fingerprint density at radius 3 is 3.00 bits per heavy atom. The van der Waals surface area contributed by atoms with E-state index in [2.05, 4.69) is 15.0 Å². The molecule has 1 atom stereocenters. The summed E-state index contributed by atoms with van der Waals surface area (Å²) in [6.45, 7) is 0. The molecule has 0 spiro atoms. The van der Waals surface area contributed by atoms with Gasteiger partial charge in [-0.2, -0.15) is 0 Å². The number of nitrogens with zero attached hydrogens (tertiary/aromatic N) is 3. The first kappa shape index (κ1) is 9.66. The first-order valence-corrected chi connectivity index (χ1v) is 3.74. The molecule has 72 valence electrons. The molecule has 1 aromatic heterocycles. The largest absolute Gasteiger partial charge is 0.469 e. The normalized spacial score (nSPS) is 12.5. The van der Waals surface area contributed by atoms with Crippen LogP contribution < -0.4 is 0 Å². The van der Waals surface area contributed by atoms with Crippen LogP contribution in [0.4, 0.5) is 0 Å². The van der Waals surface area contributed by atoms with Crippen molar-refractivity contribution >= 4 is 5.97 Å². The molecule has 0 amide bonds. The first-order chi connectivity index (χ1) is 6.15. The Labute approximate surface area is 75.1 Å². The van der Waals surface area contributed by atoms with Crippen LogP contribution in [0.2, 0.25) is 0 Å². The van der Waals surface area contributed by atoms with Crippen LogP contribution in [0, 0.1) is 0 Å². The van der Waals surface area contributed by atoms with E-state index in [4.69, 9.17) is 0 Å². The number of rotatable bonds is 3. The molecule has 0 saturated carbocycles. The number of ether oxygens (including phenoxy) is 1. The highest BCUT2D eigenvalue weighted by atomic mass is 16.5. The molecule has 0 aromatic carbocycles. The highest BCUT2D eigenvalue weighted by molar-refractivity contribution is 5.69. The minimum atomic E-state index is -0.910. The number of carbonyl (C=O) groups excluding carboxylic acids is 1. The van der Waals surface area contributed by atoms with E-state index in [9.17, 15) is 9.90 Å². The number of aliphatic hydroxyl groups is 1. The monoisotopic (exact) mass is 185 g/mol. The lowest BCUT2D eigenvalue weighted by molar-refractivity contribution is -0.143. The number of hydrogen-bond donors (Lipinski definition) is 1. The zero-order valence-electron chi connectivity index (χ0n) is 7.47. The molecule has 0 aliphatic heterocycles. The minimum Gasteiger partial charge on any atom is -0.469 e. The maximum atomic E-state index is 10.8. The molecule has 0 unspecified atom stereocenters. The maximum absolute atomic E-state index is 10.8. The van der Waals surface area contributed by atoms with Gasteiger partial charge in [0.1, 0.15) is 6.10 Å². The van der Waals surface area contributed by atoms with Gasteiger partial charge in [-0.15, -0.1) is 5.10 Å². The van der Waals surface area contributed by atoms with Gasteiger partial charge in [0.2, 0.25) is 0 Å². The van der Waals surface area contributed by atoms with E-state index in [1.807, 2.05) is 0 Å². The van der Waals surface area contributed by atoms with E-state index in [0.29, 0.717) is 5.69 Å². The summed E-state index contributed by atoms with van der Waals surface area (Å²) in [5.74, 6) is -0.464. The van der Waals surface area contributed by atoms with E-state index in [0.717, 1.165) is 0 Å². The highest BCUT2D eigenvalue weighted by Gasteiger charge is 2.16. The van der Waals surface area contributed by atoms with Crippen molar-refractivity contribution in [1.29, 1.82) is 0 Å². The van der Waals surface area contributed by atoms with Gasteiger partial charge in [0.05, 0.1) is 25.4 Å². The molecule has 0 radical (unpaired) electrons. The zero-order valence-corrected chi connectivity index (χ0v) is 7.47. The highest BCUT2D eigenvalue weighted by Crippen LogP contribution is 2.14. The number of aliphatic hydroxyl groups excluding tert-OH is 1. The van der Waals surface area contributed by atoms with Gasteiger partial charge >= 0.3 is 5.97 Å². The van der Waals surface area contributed by atoms with Crippen molar-refractivity contribution in [3.8, 4) is 0 Å². The average molecular weight is 185 g/mol. The molecule has 6 nitrogen and oxygen atoms in total. The maximum Gasteiger partial charge on any atom is 0.308 e. The third-order valence-electron chi connectivity index (χ3n) is 1.68. The molecular formula is C7H11N3O3. The standard InChI is InChI=1S/C7H11N3O3/c1-10-5(4-8-9-10)6(11)3-7(12)13-2/h4,6,11H,3H2,1-2H3/t6-/m0/s1. The molecule has 1 N–H and O–H groups in total. The molecule has 1 aromatic rings. The molecule has 13 heavy (non-hydrogen) atoms. The van der Waals surface area contributed by atoms with Gasteiger partial charge in [-0.3, -0.25) is 4.79 Å². The molecule has 6 heteroatoms. The van der Waals surface area contributed by atoms with Crippen molar-refractivity contribution in [2.75, 3.05) is 7.11 Å². The zero-order chi connectivity index (χ0) is 9.84. The lowest BCUT2D eigenvalue weighted by Crippen LogP contribution is -2.11.